The highest BCUT2D eigenvalue weighted by Crippen LogP contribution is 2.34. The van der Waals surface area contributed by atoms with Crippen molar-refractivity contribution in [1.82, 2.24) is 5.32 Å². The smallest absolute Gasteiger partial charge is 0.416 e. The van der Waals surface area contributed by atoms with Crippen molar-refractivity contribution in [2.45, 2.75) is 25.6 Å². The number of amides is 1. The average Bonchev–Trinajstić information content (AvgIpc) is 2.97. The van der Waals surface area contributed by atoms with E-state index in [0.717, 1.165) is 17.2 Å². The highest BCUT2D eigenvalue weighted by molar-refractivity contribution is 5.96. The molecule has 1 aliphatic rings. The Balaban J connectivity index is 1.76. The van der Waals surface area contributed by atoms with Gasteiger partial charge in [-0.3, -0.25) is 9.59 Å². The largest absolute Gasteiger partial charge is 0.497 e. The van der Waals surface area contributed by atoms with Crippen LogP contribution in [0.2, 0.25) is 0 Å². The second-order valence-corrected chi connectivity index (χ2v) is 6.08. The highest BCUT2D eigenvalue weighted by Gasteiger charge is 2.33. The average molecular weight is 363 g/mol. The molecule has 0 spiro atoms. The van der Waals surface area contributed by atoms with Gasteiger partial charge in [-0.15, -0.1) is 0 Å². The van der Waals surface area contributed by atoms with Crippen LogP contribution in [0, 0.1) is 0 Å². The van der Waals surface area contributed by atoms with Gasteiger partial charge in [-0.25, -0.2) is 0 Å². The molecule has 1 aliphatic carbocycles. The lowest BCUT2D eigenvalue weighted by molar-refractivity contribution is -0.138. The number of methoxy groups -OCH3 is 1. The SMILES string of the molecule is COc1ccc(CNC(=O)c2ccc3c(c2)CC(=O)C3)c(C(F)(F)F)c1. The molecule has 26 heavy (non-hydrogen) atoms. The number of alkyl halides is 3. The second-order valence-electron chi connectivity index (χ2n) is 6.08. The molecular weight excluding hydrogens is 347 g/mol. The molecule has 3 rings (SSSR count). The van der Waals surface area contributed by atoms with Gasteiger partial charge < -0.3 is 10.1 Å². The van der Waals surface area contributed by atoms with Crippen LogP contribution in [0.5, 0.6) is 5.75 Å². The third kappa shape index (κ3) is 3.71. The lowest BCUT2D eigenvalue weighted by Gasteiger charge is -2.15. The Morgan fingerprint density at radius 3 is 2.54 bits per heavy atom. The maximum absolute atomic E-state index is 13.2. The summed E-state index contributed by atoms with van der Waals surface area (Å²) in [4.78, 5) is 23.7. The highest BCUT2D eigenvalue weighted by atomic mass is 19.4. The summed E-state index contributed by atoms with van der Waals surface area (Å²) >= 11 is 0. The van der Waals surface area contributed by atoms with Crippen molar-refractivity contribution in [3.05, 3.63) is 64.2 Å². The minimum Gasteiger partial charge on any atom is -0.497 e. The number of rotatable bonds is 4. The summed E-state index contributed by atoms with van der Waals surface area (Å²) in [5, 5.41) is 2.50. The molecule has 0 atom stereocenters. The van der Waals surface area contributed by atoms with E-state index in [9.17, 15) is 22.8 Å². The summed E-state index contributed by atoms with van der Waals surface area (Å²) in [5.41, 5.74) is 1.10. The number of hydrogen-bond acceptors (Lipinski definition) is 3. The van der Waals surface area contributed by atoms with Crippen LogP contribution < -0.4 is 10.1 Å². The summed E-state index contributed by atoms with van der Waals surface area (Å²) in [5.74, 6) is -0.308. The van der Waals surface area contributed by atoms with Gasteiger partial charge in [-0.2, -0.15) is 13.2 Å². The molecule has 7 heteroatoms. The van der Waals surface area contributed by atoms with Gasteiger partial charge in [-0.1, -0.05) is 12.1 Å². The van der Waals surface area contributed by atoms with Crippen molar-refractivity contribution in [1.29, 1.82) is 0 Å². The van der Waals surface area contributed by atoms with Crippen molar-refractivity contribution < 1.29 is 27.5 Å². The van der Waals surface area contributed by atoms with E-state index >= 15 is 0 Å². The molecule has 1 amide bonds. The van der Waals surface area contributed by atoms with Gasteiger partial charge in [0, 0.05) is 24.9 Å². The number of Topliss-reactive ketones (excluding diaryl/α,β-unsaturated/α-hetero) is 1. The fraction of sp³-hybridized carbons (Fsp3) is 0.263. The number of nitrogens with one attached hydrogen (secondary N) is 1. The molecule has 0 fully saturated rings. The summed E-state index contributed by atoms with van der Waals surface area (Å²) in [6.07, 6.45) is -3.91. The molecule has 0 heterocycles. The maximum Gasteiger partial charge on any atom is 0.416 e. The van der Waals surface area contributed by atoms with Crippen molar-refractivity contribution in [3.63, 3.8) is 0 Å². The molecule has 0 radical (unpaired) electrons. The third-order valence-corrected chi connectivity index (χ3v) is 4.31. The minimum absolute atomic E-state index is 0.0528. The van der Waals surface area contributed by atoms with E-state index < -0.39 is 17.6 Å². The number of hydrogen-bond donors (Lipinski definition) is 1. The zero-order chi connectivity index (χ0) is 18.9. The van der Waals surface area contributed by atoms with Crippen LogP contribution in [-0.2, 0) is 30.4 Å². The quantitative estimate of drug-likeness (QED) is 0.907. The van der Waals surface area contributed by atoms with Gasteiger partial charge in [0.05, 0.1) is 12.7 Å². The first-order valence-electron chi connectivity index (χ1n) is 7.93. The van der Waals surface area contributed by atoms with E-state index in [1.54, 1.807) is 18.2 Å². The Morgan fingerprint density at radius 2 is 1.85 bits per heavy atom. The van der Waals surface area contributed by atoms with Gasteiger partial charge >= 0.3 is 6.18 Å². The fourth-order valence-electron chi connectivity index (χ4n) is 2.97. The Kier molecular flexibility index (Phi) is 4.71. The topological polar surface area (TPSA) is 55.4 Å². The number of carbonyl (C=O) groups is 2. The molecule has 0 saturated carbocycles. The van der Waals surface area contributed by atoms with Crippen LogP contribution >= 0.6 is 0 Å². The molecule has 0 unspecified atom stereocenters. The van der Waals surface area contributed by atoms with Crippen molar-refractivity contribution in [3.8, 4) is 5.75 Å². The van der Waals surface area contributed by atoms with Crippen molar-refractivity contribution >= 4 is 11.7 Å². The first kappa shape index (κ1) is 18.0. The fourth-order valence-corrected chi connectivity index (χ4v) is 2.97. The summed E-state index contributed by atoms with van der Waals surface area (Å²) in [7, 11) is 1.29. The van der Waals surface area contributed by atoms with Gasteiger partial charge in [0.15, 0.2) is 0 Å². The Labute approximate surface area is 148 Å². The lowest BCUT2D eigenvalue weighted by atomic mass is 10.0. The van der Waals surface area contributed by atoms with E-state index in [-0.39, 0.29) is 30.1 Å². The number of halogens is 3. The zero-order valence-corrected chi connectivity index (χ0v) is 13.9. The molecular formula is C19H16F3NO3. The van der Waals surface area contributed by atoms with Crippen LogP contribution in [0.4, 0.5) is 13.2 Å². The molecule has 2 aromatic carbocycles. The summed E-state index contributed by atoms with van der Waals surface area (Å²) in [6.45, 7) is -0.270. The minimum atomic E-state index is -4.55. The van der Waals surface area contributed by atoms with Gasteiger partial charge in [-0.05, 0) is 41.0 Å². The molecule has 0 saturated heterocycles. The van der Waals surface area contributed by atoms with Crippen molar-refractivity contribution in [2.75, 3.05) is 7.11 Å². The number of fused-ring (bicyclic) bond motifs is 1. The Hall–Kier alpha value is -2.83. The number of carbonyl (C=O) groups excluding carboxylic acids is 2. The van der Waals surface area contributed by atoms with E-state index in [2.05, 4.69) is 5.32 Å². The lowest BCUT2D eigenvalue weighted by Crippen LogP contribution is -2.24. The summed E-state index contributed by atoms with van der Waals surface area (Å²) in [6, 6.07) is 8.51. The predicted molar refractivity (Wildman–Crippen MR) is 88.0 cm³/mol. The normalized spacial score (nSPS) is 13.5. The first-order chi connectivity index (χ1) is 12.3. The number of benzene rings is 2. The van der Waals surface area contributed by atoms with Gasteiger partial charge in [0.25, 0.3) is 5.91 Å². The molecule has 0 bridgehead atoms. The Bertz CT molecular complexity index is 875. The standard InChI is InChI=1S/C19H16F3NO3/c1-26-16-5-4-13(17(9-16)19(20,21)22)10-23-18(25)12-3-2-11-7-15(24)8-14(11)6-12/h2-6,9H,7-8,10H2,1H3,(H,23,25). The van der Waals surface area contributed by atoms with Crippen LogP contribution in [0.3, 0.4) is 0 Å². The molecule has 4 nitrogen and oxygen atoms in total. The van der Waals surface area contributed by atoms with E-state index in [4.69, 9.17) is 4.74 Å². The van der Waals surface area contributed by atoms with Gasteiger partial charge in [0.1, 0.15) is 11.5 Å². The van der Waals surface area contributed by atoms with Gasteiger partial charge in [0.2, 0.25) is 0 Å². The molecule has 136 valence electrons. The molecule has 0 aromatic heterocycles. The van der Waals surface area contributed by atoms with E-state index in [1.807, 2.05) is 0 Å². The summed E-state index contributed by atoms with van der Waals surface area (Å²) < 4.78 is 44.4. The van der Waals surface area contributed by atoms with Crippen molar-refractivity contribution in [2.24, 2.45) is 0 Å². The van der Waals surface area contributed by atoms with Crippen LogP contribution in [0.15, 0.2) is 36.4 Å². The van der Waals surface area contributed by atoms with Crippen LogP contribution in [-0.4, -0.2) is 18.8 Å². The zero-order valence-electron chi connectivity index (χ0n) is 13.9. The van der Waals surface area contributed by atoms with E-state index in [1.165, 1.54) is 19.2 Å². The predicted octanol–water partition coefficient (Wildman–Crippen LogP) is 3.31. The number of ether oxygens (including phenoxy) is 1. The molecule has 1 N–H and O–H groups in total. The first-order valence-corrected chi connectivity index (χ1v) is 7.93. The molecule has 2 aromatic rings. The number of ketones is 1. The Morgan fingerprint density at radius 1 is 1.12 bits per heavy atom. The monoisotopic (exact) mass is 363 g/mol. The molecule has 0 aliphatic heterocycles. The maximum atomic E-state index is 13.2. The van der Waals surface area contributed by atoms with Crippen LogP contribution in [0.1, 0.15) is 32.6 Å². The second kappa shape index (κ2) is 6.82. The van der Waals surface area contributed by atoms with E-state index in [0.29, 0.717) is 12.0 Å². The van der Waals surface area contributed by atoms with Crippen LogP contribution in [0.25, 0.3) is 0 Å². The third-order valence-electron chi connectivity index (χ3n) is 4.31.